The van der Waals surface area contributed by atoms with Gasteiger partial charge in [0.05, 0.1) is 0 Å². The first-order chi connectivity index (χ1) is 3.33. The number of allylic oxidation sites excluding steroid dienone is 1. The van der Waals surface area contributed by atoms with Gasteiger partial charge in [0.15, 0.2) is 0 Å². The molecule has 0 bridgehead atoms. The van der Waals surface area contributed by atoms with Crippen LogP contribution in [0.3, 0.4) is 0 Å². The molecule has 0 spiro atoms. The predicted molar refractivity (Wildman–Crippen MR) is 27.4 cm³/mol. The molecule has 0 saturated heterocycles. The van der Waals surface area contributed by atoms with Crippen molar-refractivity contribution >= 4 is 10.2 Å². The Morgan fingerprint density at radius 1 is 1.86 bits per heavy atom. The van der Waals surface area contributed by atoms with Crippen LogP contribution in [0.25, 0.3) is 0 Å². The van der Waals surface area contributed by atoms with Gasteiger partial charge in [-0.25, -0.2) is 0 Å². The standard InChI is InChI=1S/C3H8Si.2O.Ti.H/c1-2-3-4;;;;/h2H,1,3H2,4H3;;;;/q;;;;-1. The van der Waals surface area contributed by atoms with Gasteiger partial charge >= 0.3 is 25.7 Å². The third-order valence-corrected chi connectivity index (χ3v) is 0.866. The molecule has 0 rings (SSSR count). The van der Waals surface area contributed by atoms with Gasteiger partial charge in [0.2, 0.25) is 0 Å². The molecule has 0 aliphatic rings. The zero-order valence-corrected chi connectivity index (χ0v) is 7.87. The molecule has 0 N–H and O–H groups in total. The Balaban J connectivity index is -0.0000000575. The summed E-state index contributed by atoms with van der Waals surface area (Å²) in [6.07, 6.45) is 1.94. The second-order valence-corrected chi connectivity index (χ2v) is 1.86. The van der Waals surface area contributed by atoms with Crippen LogP contribution in [0.2, 0.25) is 6.04 Å². The van der Waals surface area contributed by atoms with Gasteiger partial charge in [-0.2, -0.15) is 0 Å². The van der Waals surface area contributed by atoms with E-state index in [0.29, 0.717) is 0 Å². The molecule has 2 nitrogen and oxygen atoms in total. The van der Waals surface area contributed by atoms with Crippen molar-refractivity contribution in [3.63, 3.8) is 0 Å². The number of hydrogen-bond donors (Lipinski definition) is 0. The number of rotatable bonds is 1. The molecule has 0 aliphatic heterocycles. The van der Waals surface area contributed by atoms with Crippen LogP contribution < -0.4 is 0 Å². The molecule has 0 heterocycles. The average molecular weight is 153 g/mol. The van der Waals surface area contributed by atoms with E-state index in [-0.39, 0.29) is 1.43 Å². The van der Waals surface area contributed by atoms with Crippen LogP contribution in [-0.4, -0.2) is 10.2 Å². The Morgan fingerprint density at radius 3 is 2.00 bits per heavy atom. The van der Waals surface area contributed by atoms with Gasteiger partial charge in [0, 0.05) is 10.2 Å². The fourth-order valence-electron chi connectivity index (χ4n) is 0. The minimum absolute atomic E-state index is 0. The van der Waals surface area contributed by atoms with E-state index in [1.807, 2.05) is 6.08 Å². The molecule has 0 aromatic carbocycles. The topological polar surface area (TPSA) is 34.1 Å². The van der Waals surface area contributed by atoms with E-state index in [1.54, 1.807) is 0 Å². The van der Waals surface area contributed by atoms with E-state index >= 15 is 0 Å². The Bertz CT molecular complexity index is 71.7. The SMILES string of the molecule is C=CC[SiH3].[H-].[O]=[Ti]=[O]. The Kier molecular flexibility index (Phi) is 23.9. The van der Waals surface area contributed by atoms with Gasteiger partial charge < -0.3 is 1.43 Å². The monoisotopic (exact) mass is 153 g/mol. The summed E-state index contributed by atoms with van der Waals surface area (Å²) in [5.41, 5.74) is 0. The van der Waals surface area contributed by atoms with Gasteiger partial charge in [0.25, 0.3) is 0 Å². The summed E-state index contributed by atoms with van der Waals surface area (Å²) in [5, 5.41) is 0. The molecule has 0 amide bonds. The normalized spacial score (nSPS) is 5.14. The van der Waals surface area contributed by atoms with E-state index in [9.17, 15) is 0 Å². The van der Waals surface area contributed by atoms with E-state index < -0.39 is 19.1 Å². The molecule has 7 heavy (non-hydrogen) atoms. The Morgan fingerprint density at radius 2 is 2.00 bits per heavy atom. The third kappa shape index (κ3) is 70.8. The van der Waals surface area contributed by atoms with Crippen molar-refractivity contribution < 1.29 is 27.2 Å². The van der Waals surface area contributed by atoms with Crippen LogP contribution in [0.15, 0.2) is 12.7 Å². The zero-order chi connectivity index (χ0) is 6.12. The maximum absolute atomic E-state index is 8.50. The Hall–Kier alpha value is 0.271. The molecule has 0 saturated carbocycles. The van der Waals surface area contributed by atoms with Gasteiger partial charge in [-0.15, -0.1) is 6.58 Å². The van der Waals surface area contributed by atoms with Crippen LogP contribution in [-0.2, 0) is 25.7 Å². The fraction of sp³-hybridized carbons (Fsp3) is 0.333. The van der Waals surface area contributed by atoms with Crippen LogP contribution in [0.4, 0.5) is 0 Å². The molecular weight excluding hydrogens is 144 g/mol. The molecule has 4 heteroatoms. The van der Waals surface area contributed by atoms with E-state index in [1.165, 1.54) is 16.3 Å². The first-order valence-corrected chi connectivity index (χ1v) is 4.62. The van der Waals surface area contributed by atoms with E-state index in [2.05, 4.69) is 6.58 Å². The van der Waals surface area contributed by atoms with Crippen molar-refractivity contribution in [3.05, 3.63) is 12.7 Å². The molecule has 0 unspecified atom stereocenters. The van der Waals surface area contributed by atoms with Crippen molar-refractivity contribution in [1.82, 2.24) is 0 Å². The summed E-state index contributed by atoms with van der Waals surface area (Å²) in [6.45, 7) is 3.51. The average Bonchev–Trinajstić information content (AvgIpc) is 1.69. The number of hydrogen-bond acceptors (Lipinski definition) is 2. The van der Waals surface area contributed by atoms with Gasteiger partial charge in [0.1, 0.15) is 0 Å². The third-order valence-electron chi connectivity index (χ3n) is 0.289. The maximum atomic E-state index is 8.50. The molecule has 0 atom stereocenters. The van der Waals surface area contributed by atoms with Crippen LogP contribution in [0.5, 0.6) is 0 Å². The van der Waals surface area contributed by atoms with Crippen LogP contribution >= 0.6 is 0 Å². The summed E-state index contributed by atoms with van der Waals surface area (Å²) in [4.78, 5) is 0. The zero-order valence-electron chi connectivity index (χ0n) is 5.31. The van der Waals surface area contributed by atoms with Crippen LogP contribution in [0, 0.1) is 0 Å². The van der Waals surface area contributed by atoms with Crippen molar-refractivity contribution in [2.45, 2.75) is 6.04 Å². The van der Waals surface area contributed by atoms with Crippen LogP contribution in [0.1, 0.15) is 1.43 Å². The van der Waals surface area contributed by atoms with Crippen molar-refractivity contribution in [3.8, 4) is 0 Å². The van der Waals surface area contributed by atoms with E-state index in [0.717, 1.165) is 0 Å². The molecule has 0 aromatic heterocycles. The summed E-state index contributed by atoms with van der Waals surface area (Å²) < 4.78 is 17.0. The minimum atomic E-state index is -2.00. The molecule has 42 valence electrons. The van der Waals surface area contributed by atoms with Crippen molar-refractivity contribution in [1.29, 1.82) is 0 Å². The second-order valence-electron chi connectivity index (χ2n) is 0.780. The van der Waals surface area contributed by atoms with Gasteiger partial charge in [-0.3, -0.25) is 0 Å². The first kappa shape index (κ1) is 10.3. The van der Waals surface area contributed by atoms with Gasteiger partial charge in [-0.1, -0.05) is 6.08 Å². The first-order valence-electron chi connectivity index (χ1n) is 1.93. The molecule has 0 aliphatic carbocycles. The second kappa shape index (κ2) is 16.3. The van der Waals surface area contributed by atoms with Crippen molar-refractivity contribution in [2.24, 2.45) is 0 Å². The predicted octanol–water partition coefficient (Wildman–Crippen LogP) is -0.172. The Labute approximate surface area is 56.5 Å². The van der Waals surface area contributed by atoms with Gasteiger partial charge in [-0.05, 0) is 6.04 Å². The van der Waals surface area contributed by atoms with Crippen molar-refractivity contribution in [2.75, 3.05) is 0 Å². The molecule has 0 aromatic rings. The fourth-order valence-corrected chi connectivity index (χ4v) is 0. The molecule has 0 fully saturated rings. The summed E-state index contributed by atoms with van der Waals surface area (Å²) in [5.74, 6) is 0. The summed E-state index contributed by atoms with van der Waals surface area (Å²) in [7, 11) is 1.27. The summed E-state index contributed by atoms with van der Waals surface area (Å²) >= 11 is -2.00. The molecule has 0 radical (unpaired) electrons. The quantitative estimate of drug-likeness (QED) is 0.387. The summed E-state index contributed by atoms with van der Waals surface area (Å²) in [6, 6.07) is 1.22. The molecular formula is C3H9O2SiTi-. The van der Waals surface area contributed by atoms with E-state index in [4.69, 9.17) is 6.65 Å².